The predicted molar refractivity (Wildman–Crippen MR) is 84.9 cm³/mol. The van der Waals surface area contributed by atoms with Crippen molar-refractivity contribution in [2.24, 2.45) is 0 Å². The van der Waals surface area contributed by atoms with Gasteiger partial charge < -0.3 is 14.5 Å². The fraction of sp³-hybridized carbons (Fsp3) is 0.118. The summed E-state index contributed by atoms with van der Waals surface area (Å²) in [7, 11) is 0. The second-order valence-electron chi connectivity index (χ2n) is 5.03. The lowest BCUT2D eigenvalue weighted by Gasteiger charge is -2.15. The van der Waals surface area contributed by atoms with Crippen LogP contribution in [0.15, 0.2) is 59.3 Å². The zero-order valence-corrected chi connectivity index (χ0v) is 12.8. The van der Waals surface area contributed by atoms with E-state index in [1.807, 2.05) is 0 Å². The van der Waals surface area contributed by atoms with E-state index in [1.165, 1.54) is 24.6 Å². The summed E-state index contributed by atoms with van der Waals surface area (Å²) >= 11 is 0. The fourth-order valence-corrected chi connectivity index (χ4v) is 2.04. The third-order valence-corrected chi connectivity index (χ3v) is 3.24. The Balaban J connectivity index is 1.61. The average Bonchev–Trinajstić information content (AvgIpc) is 3.10. The maximum atomic E-state index is 13.1. The normalized spacial score (nSPS) is 11.8. The van der Waals surface area contributed by atoms with Crippen LogP contribution in [0.25, 0.3) is 11.5 Å². The van der Waals surface area contributed by atoms with Crippen molar-refractivity contribution < 1.29 is 18.3 Å². The van der Waals surface area contributed by atoms with E-state index in [0.29, 0.717) is 17.3 Å². The van der Waals surface area contributed by atoms with Gasteiger partial charge in [0.1, 0.15) is 11.6 Å². The number of hydrogen-bond acceptors (Lipinski definition) is 5. The standard InChI is InChI=1S/C17H14FN3O3/c1-11(16(22)20-14-4-2-3-13(18)9-14)24-15-7-5-12(6-8-15)17-21-19-10-23-17/h2-11H,1H3,(H,20,22)/t11-/m0/s1. The lowest BCUT2D eigenvalue weighted by atomic mass is 10.2. The van der Waals surface area contributed by atoms with Gasteiger partial charge in [-0.15, -0.1) is 10.2 Å². The summed E-state index contributed by atoms with van der Waals surface area (Å²) in [5.74, 6) is 0.123. The van der Waals surface area contributed by atoms with Crippen LogP contribution in [-0.4, -0.2) is 22.2 Å². The molecule has 0 fully saturated rings. The number of anilines is 1. The first kappa shape index (κ1) is 15.7. The molecule has 0 unspecified atom stereocenters. The van der Waals surface area contributed by atoms with Gasteiger partial charge in [-0.2, -0.15) is 0 Å². The van der Waals surface area contributed by atoms with Crippen molar-refractivity contribution >= 4 is 11.6 Å². The molecule has 24 heavy (non-hydrogen) atoms. The molecule has 6 nitrogen and oxygen atoms in total. The maximum Gasteiger partial charge on any atom is 0.265 e. The van der Waals surface area contributed by atoms with Crippen molar-refractivity contribution in [3.63, 3.8) is 0 Å². The number of rotatable bonds is 5. The van der Waals surface area contributed by atoms with Crippen LogP contribution in [0.3, 0.4) is 0 Å². The summed E-state index contributed by atoms with van der Waals surface area (Å²) < 4.78 is 23.8. The molecule has 0 aliphatic rings. The van der Waals surface area contributed by atoms with Gasteiger partial charge in [-0.05, 0) is 49.4 Å². The monoisotopic (exact) mass is 327 g/mol. The highest BCUT2D eigenvalue weighted by Crippen LogP contribution is 2.21. The maximum absolute atomic E-state index is 13.1. The van der Waals surface area contributed by atoms with E-state index in [-0.39, 0.29) is 5.91 Å². The smallest absolute Gasteiger partial charge is 0.265 e. The molecular formula is C17H14FN3O3. The largest absolute Gasteiger partial charge is 0.481 e. The lowest BCUT2D eigenvalue weighted by molar-refractivity contribution is -0.122. The van der Waals surface area contributed by atoms with Gasteiger partial charge in [0.25, 0.3) is 5.91 Å². The first-order chi connectivity index (χ1) is 11.6. The SMILES string of the molecule is C[C@H](Oc1ccc(-c2nnco2)cc1)C(=O)Nc1cccc(F)c1. The number of carbonyl (C=O) groups is 1. The van der Waals surface area contributed by atoms with E-state index in [2.05, 4.69) is 15.5 Å². The number of aromatic nitrogens is 2. The van der Waals surface area contributed by atoms with E-state index in [4.69, 9.17) is 9.15 Å². The average molecular weight is 327 g/mol. The van der Waals surface area contributed by atoms with Crippen LogP contribution in [0, 0.1) is 5.82 Å². The highest BCUT2D eigenvalue weighted by Gasteiger charge is 2.15. The minimum atomic E-state index is -0.748. The van der Waals surface area contributed by atoms with Gasteiger partial charge >= 0.3 is 0 Å². The molecule has 3 rings (SSSR count). The molecule has 1 amide bonds. The van der Waals surface area contributed by atoms with E-state index >= 15 is 0 Å². The Kier molecular flexibility index (Phi) is 4.51. The molecule has 0 saturated carbocycles. The number of carbonyl (C=O) groups excluding carboxylic acids is 1. The van der Waals surface area contributed by atoms with Crippen LogP contribution >= 0.6 is 0 Å². The second kappa shape index (κ2) is 6.91. The molecule has 0 spiro atoms. The summed E-state index contributed by atoms with van der Waals surface area (Å²) in [6, 6.07) is 12.6. The summed E-state index contributed by atoms with van der Waals surface area (Å²) in [6.45, 7) is 1.61. The van der Waals surface area contributed by atoms with Crippen LogP contribution in [-0.2, 0) is 4.79 Å². The molecule has 7 heteroatoms. The Labute approximate surface area is 137 Å². The van der Waals surface area contributed by atoms with Crippen molar-refractivity contribution in [3.8, 4) is 17.2 Å². The topological polar surface area (TPSA) is 77.2 Å². The van der Waals surface area contributed by atoms with Crippen molar-refractivity contribution in [2.75, 3.05) is 5.32 Å². The Morgan fingerprint density at radius 2 is 2.04 bits per heavy atom. The van der Waals surface area contributed by atoms with Crippen LogP contribution in [0.4, 0.5) is 10.1 Å². The number of nitrogens with zero attached hydrogens (tertiary/aromatic N) is 2. The molecule has 1 atom stereocenters. The van der Waals surface area contributed by atoms with Gasteiger partial charge in [0.2, 0.25) is 12.3 Å². The number of benzene rings is 2. The number of amides is 1. The third kappa shape index (κ3) is 3.75. The number of ether oxygens (including phenoxy) is 1. The van der Waals surface area contributed by atoms with Gasteiger partial charge in [-0.3, -0.25) is 4.79 Å². The molecule has 0 bridgehead atoms. The summed E-state index contributed by atoms with van der Waals surface area (Å²) in [4.78, 5) is 12.1. The molecule has 1 aromatic heterocycles. The fourth-order valence-electron chi connectivity index (χ4n) is 2.04. The van der Waals surface area contributed by atoms with Crippen LogP contribution in [0.1, 0.15) is 6.92 Å². The molecular weight excluding hydrogens is 313 g/mol. The zero-order valence-electron chi connectivity index (χ0n) is 12.8. The first-order valence-electron chi connectivity index (χ1n) is 7.21. The molecule has 1 N–H and O–H groups in total. The molecule has 2 aromatic carbocycles. The highest BCUT2D eigenvalue weighted by atomic mass is 19.1. The molecule has 1 heterocycles. The number of halogens is 1. The van der Waals surface area contributed by atoms with E-state index in [1.54, 1.807) is 37.3 Å². The van der Waals surface area contributed by atoms with Crippen molar-refractivity contribution in [3.05, 3.63) is 60.7 Å². The van der Waals surface area contributed by atoms with E-state index < -0.39 is 11.9 Å². The molecule has 0 radical (unpaired) electrons. The molecule has 122 valence electrons. The number of hydrogen-bond donors (Lipinski definition) is 1. The third-order valence-electron chi connectivity index (χ3n) is 3.24. The Bertz CT molecular complexity index is 819. The summed E-state index contributed by atoms with van der Waals surface area (Å²) in [6.07, 6.45) is 0.501. The van der Waals surface area contributed by atoms with Crippen molar-refractivity contribution in [2.45, 2.75) is 13.0 Å². The van der Waals surface area contributed by atoms with E-state index in [9.17, 15) is 9.18 Å². The Hall–Kier alpha value is -3.22. The zero-order chi connectivity index (χ0) is 16.9. The molecule has 3 aromatic rings. The minimum Gasteiger partial charge on any atom is -0.481 e. The minimum absolute atomic E-state index is 0.374. The lowest BCUT2D eigenvalue weighted by Crippen LogP contribution is -2.30. The Morgan fingerprint density at radius 1 is 1.25 bits per heavy atom. The van der Waals surface area contributed by atoms with Crippen LogP contribution in [0.2, 0.25) is 0 Å². The summed E-state index contributed by atoms with van der Waals surface area (Å²) in [5, 5.41) is 10.0. The molecule has 0 aliphatic heterocycles. The Morgan fingerprint density at radius 3 is 2.71 bits per heavy atom. The predicted octanol–water partition coefficient (Wildman–Crippen LogP) is 3.28. The number of nitrogens with one attached hydrogen (secondary N) is 1. The quantitative estimate of drug-likeness (QED) is 0.778. The second-order valence-corrected chi connectivity index (χ2v) is 5.03. The van der Waals surface area contributed by atoms with Gasteiger partial charge in [0, 0.05) is 11.3 Å². The summed E-state index contributed by atoms with van der Waals surface area (Å²) in [5.41, 5.74) is 1.12. The first-order valence-corrected chi connectivity index (χ1v) is 7.21. The van der Waals surface area contributed by atoms with Gasteiger partial charge in [0.05, 0.1) is 0 Å². The highest BCUT2D eigenvalue weighted by molar-refractivity contribution is 5.94. The van der Waals surface area contributed by atoms with Crippen molar-refractivity contribution in [1.82, 2.24) is 10.2 Å². The van der Waals surface area contributed by atoms with Gasteiger partial charge in [-0.1, -0.05) is 6.07 Å². The van der Waals surface area contributed by atoms with Gasteiger partial charge in [-0.25, -0.2) is 4.39 Å². The van der Waals surface area contributed by atoms with E-state index in [0.717, 1.165) is 5.56 Å². The van der Waals surface area contributed by atoms with Crippen molar-refractivity contribution in [1.29, 1.82) is 0 Å². The van der Waals surface area contributed by atoms with Gasteiger partial charge in [0.15, 0.2) is 6.10 Å². The van der Waals surface area contributed by atoms with Crippen LogP contribution < -0.4 is 10.1 Å². The molecule has 0 saturated heterocycles. The molecule has 0 aliphatic carbocycles. The van der Waals surface area contributed by atoms with Crippen LogP contribution in [0.5, 0.6) is 5.75 Å².